The van der Waals surface area contributed by atoms with Crippen LogP contribution < -0.4 is 14.9 Å². The molecule has 0 aliphatic heterocycles. The number of furan rings is 1. The summed E-state index contributed by atoms with van der Waals surface area (Å²) in [5.74, 6) is 0.0584. The van der Waals surface area contributed by atoms with Gasteiger partial charge in [-0.1, -0.05) is 0 Å². The van der Waals surface area contributed by atoms with E-state index in [9.17, 15) is 14.9 Å². The number of aromatic nitrogens is 2. The molecule has 0 radical (unpaired) electrons. The van der Waals surface area contributed by atoms with E-state index in [1.807, 2.05) is 0 Å². The van der Waals surface area contributed by atoms with Crippen molar-refractivity contribution in [3.05, 3.63) is 45.8 Å². The van der Waals surface area contributed by atoms with Gasteiger partial charge in [-0.3, -0.25) is 20.0 Å². The molecule has 11 nitrogen and oxygen atoms in total. The molecule has 2 aromatic heterocycles. The molecule has 1 amide bonds. The molecule has 0 unspecified atom stereocenters. The zero-order valence-corrected chi connectivity index (χ0v) is 13.7. The Bertz CT molecular complexity index is 1010. The van der Waals surface area contributed by atoms with E-state index in [0.29, 0.717) is 22.4 Å². The monoisotopic (exact) mass is 359 g/mol. The first-order valence-corrected chi connectivity index (χ1v) is 7.21. The standard InChI is InChI=1S/C15H13N5O6/c1-24-11-5-9-10(6-12(11)25-2)17-18-14(9)15(21)19-16-7-8-3-4-13(26-8)20(22)23/h3-7H,1-2H3,(H,17,18)(H,19,21)/b16-7+. The number of hydrogen-bond donors (Lipinski definition) is 2. The molecule has 0 saturated carbocycles. The number of methoxy groups -OCH3 is 2. The number of H-pyrrole nitrogens is 1. The summed E-state index contributed by atoms with van der Waals surface area (Å²) in [4.78, 5) is 22.1. The number of carbonyl (C=O) groups is 1. The van der Waals surface area contributed by atoms with E-state index in [0.717, 1.165) is 6.21 Å². The van der Waals surface area contributed by atoms with Crippen molar-refractivity contribution in [1.82, 2.24) is 15.6 Å². The number of nitrogens with zero attached hydrogens (tertiary/aromatic N) is 3. The molecule has 3 aromatic rings. The van der Waals surface area contributed by atoms with Crippen LogP contribution in [0.5, 0.6) is 11.5 Å². The van der Waals surface area contributed by atoms with Crippen LogP contribution in [-0.4, -0.2) is 41.5 Å². The van der Waals surface area contributed by atoms with Crippen molar-refractivity contribution >= 4 is 28.9 Å². The van der Waals surface area contributed by atoms with Crippen LogP contribution in [0.25, 0.3) is 10.9 Å². The first-order chi connectivity index (χ1) is 12.5. The number of rotatable bonds is 6. The number of hydrazone groups is 1. The van der Waals surface area contributed by atoms with Crippen LogP contribution in [0.2, 0.25) is 0 Å². The number of ether oxygens (including phenoxy) is 2. The van der Waals surface area contributed by atoms with Crippen LogP contribution in [0, 0.1) is 10.1 Å². The maximum absolute atomic E-state index is 12.3. The van der Waals surface area contributed by atoms with Gasteiger partial charge in [0.2, 0.25) is 0 Å². The lowest BCUT2D eigenvalue weighted by atomic mass is 10.2. The van der Waals surface area contributed by atoms with Gasteiger partial charge in [-0.05, 0) is 12.1 Å². The van der Waals surface area contributed by atoms with Crippen molar-refractivity contribution in [2.24, 2.45) is 5.10 Å². The minimum Gasteiger partial charge on any atom is -0.493 e. The Balaban J connectivity index is 1.79. The summed E-state index contributed by atoms with van der Waals surface area (Å²) < 4.78 is 15.3. The average molecular weight is 359 g/mol. The number of benzene rings is 1. The Kier molecular flexibility index (Phi) is 4.51. The summed E-state index contributed by atoms with van der Waals surface area (Å²) in [6.45, 7) is 0. The number of nitrogens with one attached hydrogen (secondary N) is 2. The SMILES string of the molecule is COc1cc2[nH]nc(C(=O)N/N=C/c3ccc([N+](=O)[O-])o3)c2cc1OC. The van der Waals surface area contributed by atoms with Gasteiger partial charge in [-0.25, -0.2) is 5.43 Å². The lowest BCUT2D eigenvalue weighted by Crippen LogP contribution is -2.18. The second kappa shape index (κ2) is 6.93. The molecule has 0 fully saturated rings. The number of amides is 1. The highest BCUT2D eigenvalue weighted by atomic mass is 16.6. The highest BCUT2D eigenvalue weighted by Gasteiger charge is 2.17. The van der Waals surface area contributed by atoms with Crippen LogP contribution in [0.1, 0.15) is 16.2 Å². The van der Waals surface area contributed by atoms with E-state index in [1.54, 1.807) is 12.1 Å². The van der Waals surface area contributed by atoms with E-state index < -0.39 is 16.7 Å². The molecule has 0 aliphatic rings. The summed E-state index contributed by atoms with van der Waals surface area (Å²) in [6.07, 6.45) is 1.14. The minimum atomic E-state index is -0.673. The Hall–Kier alpha value is -3.89. The number of aromatic amines is 1. The van der Waals surface area contributed by atoms with E-state index >= 15 is 0 Å². The lowest BCUT2D eigenvalue weighted by molar-refractivity contribution is -0.402. The second-order valence-electron chi connectivity index (χ2n) is 4.96. The van der Waals surface area contributed by atoms with Gasteiger partial charge in [-0.2, -0.15) is 10.2 Å². The number of hydrogen-bond acceptors (Lipinski definition) is 8. The van der Waals surface area contributed by atoms with Crippen LogP contribution in [-0.2, 0) is 0 Å². The van der Waals surface area contributed by atoms with Gasteiger partial charge >= 0.3 is 5.88 Å². The third-order valence-corrected chi connectivity index (χ3v) is 3.43. The van der Waals surface area contributed by atoms with E-state index in [1.165, 1.54) is 26.4 Å². The van der Waals surface area contributed by atoms with Crippen molar-refractivity contribution in [2.45, 2.75) is 0 Å². The number of nitro groups is 1. The van der Waals surface area contributed by atoms with Gasteiger partial charge in [0.05, 0.1) is 32.0 Å². The highest BCUT2D eigenvalue weighted by molar-refractivity contribution is 6.05. The fourth-order valence-electron chi connectivity index (χ4n) is 2.23. The molecule has 0 aliphatic carbocycles. The van der Waals surface area contributed by atoms with Crippen molar-refractivity contribution in [1.29, 1.82) is 0 Å². The van der Waals surface area contributed by atoms with Crippen LogP contribution in [0.15, 0.2) is 33.8 Å². The maximum Gasteiger partial charge on any atom is 0.433 e. The van der Waals surface area contributed by atoms with Crippen molar-refractivity contribution in [3.63, 3.8) is 0 Å². The Morgan fingerprint density at radius 3 is 2.73 bits per heavy atom. The fraction of sp³-hybridized carbons (Fsp3) is 0.133. The lowest BCUT2D eigenvalue weighted by Gasteiger charge is -2.07. The van der Waals surface area contributed by atoms with E-state index in [4.69, 9.17) is 13.9 Å². The molecule has 1 aromatic carbocycles. The third-order valence-electron chi connectivity index (χ3n) is 3.43. The molecular formula is C15H13N5O6. The van der Waals surface area contributed by atoms with Crippen molar-refractivity contribution < 1.29 is 23.6 Å². The Morgan fingerprint density at radius 2 is 2.08 bits per heavy atom. The van der Waals surface area contributed by atoms with Gasteiger partial charge < -0.3 is 13.9 Å². The van der Waals surface area contributed by atoms with Gasteiger partial charge in [0.25, 0.3) is 5.91 Å². The smallest absolute Gasteiger partial charge is 0.433 e. The summed E-state index contributed by atoms with van der Waals surface area (Å²) in [5, 5.41) is 21.5. The largest absolute Gasteiger partial charge is 0.493 e. The topological polar surface area (TPSA) is 145 Å². The number of carbonyl (C=O) groups excluding carboxylic acids is 1. The van der Waals surface area contributed by atoms with Gasteiger partial charge in [0.1, 0.15) is 4.92 Å². The van der Waals surface area contributed by atoms with E-state index in [-0.39, 0.29) is 11.5 Å². The zero-order valence-electron chi connectivity index (χ0n) is 13.7. The molecule has 3 rings (SSSR count). The van der Waals surface area contributed by atoms with Crippen LogP contribution in [0.3, 0.4) is 0 Å². The third kappa shape index (κ3) is 3.17. The maximum atomic E-state index is 12.3. The summed E-state index contributed by atoms with van der Waals surface area (Å²) >= 11 is 0. The predicted molar refractivity (Wildman–Crippen MR) is 89.6 cm³/mol. The van der Waals surface area contributed by atoms with E-state index in [2.05, 4.69) is 20.7 Å². The molecule has 0 bridgehead atoms. The normalized spacial score (nSPS) is 11.0. The second-order valence-corrected chi connectivity index (χ2v) is 4.96. The summed E-state index contributed by atoms with van der Waals surface area (Å²) in [5.41, 5.74) is 2.96. The van der Waals surface area contributed by atoms with Crippen LogP contribution in [0.4, 0.5) is 5.88 Å². The Labute approximate surface area is 145 Å². The molecule has 0 spiro atoms. The summed E-state index contributed by atoms with van der Waals surface area (Å²) in [7, 11) is 2.98. The molecule has 11 heteroatoms. The summed E-state index contributed by atoms with van der Waals surface area (Å²) in [6, 6.07) is 5.81. The molecule has 134 valence electrons. The van der Waals surface area contributed by atoms with Crippen LogP contribution >= 0.6 is 0 Å². The predicted octanol–water partition coefficient (Wildman–Crippen LogP) is 1.85. The highest BCUT2D eigenvalue weighted by Crippen LogP contribution is 2.32. The van der Waals surface area contributed by atoms with Gasteiger partial charge in [-0.15, -0.1) is 0 Å². The molecule has 0 atom stereocenters. The quantitative estimate of drug-likeness (QED) is 0.388. The zero-order chi connectivity index (χ0) is 18.7. The van der Waals surface area contributed by atoms with Crippen molar-refractivity contribution in [3.8, 4) is 11.5 Å². The molecule has 0 saturated heterocycles. The average Bonchev–Trinajstić information content (AvgIpc) is 3.27. The van der Waals surface area contributed by atoms with Gasteiger partial charge in [0, 0.05) is 11.5 Å². The first kappa shape index (κ1) is 17.0. The molecular weight excluding hydrogens is 346 g/mol. The Morgan fingerprint density at radius 1 is 1.35 bits per heavy atom. The molecule has 2 heterocycles. The van der Waals surface area contributed by atoms with Gasteiger partial charge in [0.15, 0.2) is 23.0 Å². The van der Waals surface area contributed by atoms with Crippen molar-refractivity contribution in [2.75, 3.05) is 14.2 Å². The minimum absolute atomic E-state index is 0.100. The number of fused-ring (bicyclic) bond motifs is 1. The molecule has 26 heavy (non-hydrogen) atoms. The first-order valence-electron chi connectivity index (χ1n) is 7.21. The molecule has 2 N–H and O–H groups in total. The fourth-order valence-corrected chi connectivity index (χ4v) is 2.23.